The van der Waals surface area contributed by atoms with Gasteiger partial charge in [0, 0.05) is 25.2 Å². The number of amides is 4. The summed E-state index contributed by atoms with van der Waals surface area (Å²) >= 11 is 0. The number of para-hydroxylation sites is 1. The van der Waals surface area contributed by atoms with Crippen molar-refractivity contribution in [2.75, 3.05) is 18.4 Å². The van der Waals surface area contributed by atoms with Gasteiger partial charge in [0.1, 0.15) is 18.1 Å². The van der Waals surface area contributed by atoms with Crippen molar-refractivity contribution >= 4 is 29.3 Å². The fourth-order valence-electron chi connectivity index (χ4n) is 7.51. The Labute approximate surface area is 222 Å². The zero-order chi connectivity index (χ0) is 27.9. The molecule has 0 aromatic heterocycles. The number of benzene rings is 1. The number of nitrogens with one attached hydrogen (secondary N) is 2. The summed E-state index contributed by atoms with van der Waals surface area (Å²) in [6.45, 7) is 1.28. The van der Waals surface area contributed by atoms with Crippen LogP contribution in [0.3, 0.4) is 0 Å². The van der Waals surface area contributed by atoms with Gasteiger partial charge < -0.3 is 20.4 Å². The number of hydrogen-bond donors (Lipinski definition) is 2. The molecule has 9 nitrogen and oxygen atoms in total. The highest BCUT2D eigenvalue weighted by atomic mass is 19.4. The van der Waals surface area contributed by atoms with Crippen LogP contribution in [0.25, 0.3) is 0 Å². The summed E-state index contributed by atoms with van der Waals surface area (Å²) in [4.78, 5) is 55.1. The fraction of sp³-hybridized carbons (Fsp3) is 0.519. The first-order valence-corrected chi connectivity index (χ1v) is 12.9. The molecular weight excluding hydrogens is 515 g/mol. The lowest BCUT2D eigenvalue weighted by Crippen LogP contribution is -2.57. The molecule has 3 aliphatic heterocycles. The number of alkyl halides is 3. The predicted octanol–water partition coefficient (Wildman–Crippen LogP) is 1.72. The minimum Gasteiger partial charge on any atom is -0.337 e. The Morgan fingerprint density at radius 3 is 2.62 bits per heavy atom. The predicted molar refractivity (Wildman–Crippen MR) is 129 cm³/mol. The Kier molecular flexibility index (Phi) is 5.58. The van der Waals surface area contributed by atoms with Gasteiger partial charge in [0.25, 0.3) is 0 Å². The van der Waals surface area contributed by atoms with Crippen LogP contribution in [0.15, 0.2) is 36.4 Å². The number of nitriles is 1. The van der Waals surface area contributed by atoms with Gasteiger partial charge in [-0.1, -0.05) is 30.4 Å². The molecule has 2 bridgehead atoms. The molecule has 204 valence electrons. The number of carbonyl (C=O) groups excluding carboxylic acids is 4. The average Bonchev–Trinajstić information content (AvgIpc) is 3.70. The summed E-state index contributed by atoms with van der Waals surface area (Å²) in [5.74, 6) is -3.99. The van der Waals surface area contributed by atoms with Crippen molar-refractivity contribution in [3.8, 4) is 6.07 Å². The smallest absolute Gasteiger partial charge is 0.337 e. The lowest BCUT2D eigenvalue weighted by molar-refractivity contribution is -0.175. The second-order valence-corrected chi connectivity index (χ2v) is 11.2. The molecule has 5 aliphatic rings. The topological polar surface area (TPSA) is 123 Å². The van der Waals surface area contributed by atoms with Gasteiger partial charge >= 0.3 is 12.1 Å². The van der Waals surface area contributed by atoms with E-state index < -0.39 is 47.4 Å². The molecule has 1 aromatic rings. The van der Waals surface area contributed by atoms with Crippen molar-refractivity contribution in [1.29, 1.82) is 5.26 Å². The average molecular weight is 542 g/mol. The largest absolute Gasteiger partial charge is 0.471 e. The van der Waals surface area contributed by atoms with Gasteiger partial charge in [-0.15, -0.1) is 0 Å². The van der Waals surface area contributed by atoms with Crippen LogP contribution in [-0.2, 0) is 24.6 Å². The number of likely N-dealkylation sites (tertiary alicyclic amines) is 2. The SMILES string of the molecule is CC(NC(=O)C(F)(F)F)C(=O)N1CC2C3C=CC(C3)C2C1C(=O)N1CC2(CC1C#N)C(=O)Nc1ccccc12. The van der Waals surface area contributed by atoms with Crippen LogP contribution in [0.5, 0.6) is 0 Å². The number of fused-ring (bicyclic) bond motifs is 7. The Bertz CT molecular complexity index is 1360. The monoisotopic (exact) mass is 541 g/mol. The quantitative estimate of drug-likeness (QED) is 0.565. The first kappa shape index (κ1) is 25.4. The van der Waals surface area contributed by atoms with Crippen LogP contribution in [0.4, 0.5) is 18.9 Å². The highest BCUT2D eigenvalue weighted by molar-refractivity contribution is 6.07. The molecule has 8 atom stereocenters. The first-order chi connectivity index (χ1) is 18.5. The minimum atomic E-state index is -5.16. The fourth-order valence-corrected chi connectivity index (χ4v) is 7.51. The third-order valence-electron chi connectivity index (χ3n) is 9.22. The van der Waals surface area contributed by atoms with Crippen molar-refractivity contribution < 1.29 is 32.3 Å². The molecule has 6 rings (SSSR count). The number of carbonyl (C=O) groups is 4. The highest BCUT2D eigenvalue weighted by Gasteiger charge is 2.62. The van der Waals surface area contributed by atoms with E-state index in [2.05, 4.69) is 17.5 Å². The molecule has 8 unspecified atom stereocenters. The number of nitrogens with zero attached hydrogens (tertiary/aromatic N) is 3. The Morgan fingerprint density at radius 1 is 1.18 bits per heavy atom. The summed E-state index contributed by atoms with van der Waals surface area (Å²) < 4.78 is 38.6. The lowest BCUT2D eigenvalue weighted by atomic mass is 9.79. The van der Waals surface area contributed by atoms with Crippen molar-refractivity contribution in [1.82, 2.24) is 15.1 Å². The number of halogens is 3. The molecule has 4 amide bonds. The van der Waals surface area contributed by atoms with Gasteiger partial charge in [0.2, 0.25) is 17.7 Å². The summed E-state index contributed by atoms with van der Waals surface area (Å²) in [6.07, 6.45) is -0.169. The summed E-state index contributed by atoms with van der Waals surface area (Å²) in [6, 6.07) is 5.81. The maximum atomic E-state index is 14.3. The van der Waals surface area contributed by atoms with E-state index in [4.69, 9.17) is 0 Å². The highest BCUT2D eigenvalue weighted by Crippen LogP contribution is 2.55. The Hall–Kier alpha value is -3.88. The van der Waals surface area contributed by atoms with E-state index >= 15 is 0 Å². The van der Waals surface area contributed by atoms with Crippen LogP contribution >= 0.6 is 0 Å². The van der Waals surface area contributed by atoms with Gasteiger partial charge in [0.05, 0.1) is 11.5 Å². The van der Waals surface area contributed by atoms with E-state index in [1.807, 2.05) is 6.08 Å². The molecule has 2 aliphatic carbocycles. The van der Waals surface area contributed by atoms with Gasteiger partial charge in [-0.3, -0.25) is 19.2 Å². The molecule has 12 heteroatoms. The summed E-state index contributed by atoms with van der Waals surface area (Å²) in [5.41, 5.74) is 0.218. The number of hydrogen-bond acceptors (Lipinski definition) is 5. The van der Waals surface area contributed by atoms with Crippen LogP contribution in [0.1, 0.15) is 25.3 Å². The Morgan fingerprint density at radius 2 is 1.90 bits per heavy atom. The van der Waals surface area contributed by atoms with E-state index in [1.54, 1.807) is 29.6 Å². The van der Waals surface area contributed by atoms with E-state index in [9.17, 15) is 37.6 Å². The van der Waals surface area contributed by atoms with E-state index in [0.29, 0.717) is 11.3 Å². The van der Waals surface area contributed by atoms with Crippen LogP contribution in [0, 0.1) is 35.0 Å². The van der Waals surface area contributed by atoms with E-state index in [0.717, 1.165) is 13.3 Å². The molecule has 3 fully saturated rings. The summed E-state index contributed by atoms with van der Waals surface area (Å²) in [7, 11) is 0. The Balaban J connectivity index is 1.32. The van der Waals surface area contributed by atoms with E-state index in [-0.39, 0.29) is 49.1 Å². The van der Waals surface area contributed by atoms with Crippen LogP contribution < -0.4 is 10.6 Å². The molecule has 1 saturated carbocycles. The lowest BCUT2D eigenvalue weighted by Gasteiger charge is -2.34. The standard InChI is InChI=1S/C27H26F3N5O4/c1-13(32-25(39)27(28,29)30)22(36)34-11-17-14-6-7-15(8-14)20(17)21(34)23(37)35-12-26(9-16(35)10-31)18-4-2-3-5-19(18)33-24(26)38/h2-7,13-17,20-21H,8-9,11-12H2,1H3,(H,32,39)(H,33,38). The van der Waals surface area contributed by atoms with Crippen molar-refractivity contribution in [3.63, 3.8) is 0 Å². The number of rotatable bonds is 3. The molecule has 2 saturated heterocycles. The van der Waals surface area contributed by atoms with Gasteiger partial charge in [-0.2, -0.15) is 18.4 Å². The van der Waals surface area contributed by atoms with Crippen LogP contribution in [0.2, 0.25) is 0 Å². The third-order valence-corrected chi connectivity index (χ3v) is 9.22. The molecule has 2 N–H and O–H groups in total. The zero-order valence-electron chi connectivity index (χ0n) is 20.9. The molecule has 39 heavy (non-hydrogen) atoms. The van der Waals surface area contributed by atoms with Crippen molar-refractivity contribution in [2.45, 2.75) is 49.5 Å². The van der Waals surface area contributed by atoms with Crippen molar-refractivity contribution in [3.05, 3.63) is 42.0 Å². The second-order valence-electron chi connectivity index (χ2n) is 11.2. The molecule has 1 spiro atoms. The van der Waals surface area contributed by atoms with Gasteiger partial charge in [-0.25, -0.2) is 0 Å². The summed E-state index contributed by atoms with van der Waals surface area (Å²) in [5, 5.41) is 14.6. The third kappa shape index (κ3) is 3.66. The molecule has 0 radical (unpaired) electrons. The molecular formula is C27H26F3N5O4. The molecule has 3 heterocycles. The number of anilines is 1. The van der Waals surface area contributed by atoms with Crippen LogP contribution in [-0.4, -0.2) is 70.8 Å². The first-order valence-electron chi connectivity index (χ1n) is 12.9. The maximum Gasteiger partial charge on any atom is 0.471 e. The normalized spacial score (nSPS) is 34.6. The second kappa shape index (κ2) is 8.56. The zero-order valence-corrected chi connectivity index (χ0v) is 20.9. The van der Waals surface area contributed by atoms with Crippen molar-refractivity contribution in [2.24, 2.45) is 23.7 Å². The minimum absolute atomic E-state index is 0.0134. The van der Waals surface area contributed by atoms with Gasteiger partial charge in [0.15, 0.2) is 0 Å². The number of allylic oxidation sites excluding steroid dienone is 2. The van der Waals surface area contributed by atoms with Gasteiger partial charge in [-0.05, 0) is 48.6 Å². The molecule has 1 aromatic carbocycles. The maximum absolute atomic E-state index is 14.3. The van der Waals surface area contributed by atoms with E-state index in [1.165, 1.54) is 9.80 Å².